The van der Waals surface area contributed by atoms with E-state index in [1.54, 1.807) is 31.3 Å². The van der Waals surface area contributed by atoms with Gasteiger partial charge in [-0.15, -0.1) is 0 Å². The maximum absolute atomic E-state index is 12.9. The monoisotopic (exact) mass is 461 g/mol. The number of methoxy groups -OCH3 is 2. The van der Waals surface area contributed by atoms with Gasteiger partial charge in [0.1, 0.15) is 17.6 Å². The van der Waals surface area contributed by atoms with Crippen LogP contribution in [0.4, 0.5) is 4.79 Å². The van der Waals surface area contributed by atoms with Crippen molar-refractivity contribution in [2.75, 3.05) is 14.2 Å². The van der Waals surface area contributed by atoms with E-state index in [1.165, 1.54) is 0 Å². The quantitative estimate of drug-likeness (QED) is 0.504. The molecule has 1 aliphatic rings. The molecule has 34 heavy (non-hydrogen) atoms. The number of ether oxygens (including phenoxy) is 3. The molecule has 4 rings (SSSR count). The van der Waals surface area contributed by atoms with E-state index in [4.69, 9.17) is 14.2 Å². The fourth-order valence-electron chi connectivity index (χ4n) is 4.33. The average Bonchev–Trinajstić information content (AvgIpc) is 3.12. The number of benzene rings is 3. The first-order valence-corrected chi connectivity index (χ1v) is 11.0. The Hall–Kier alpha value is -4.00. The summed E-state index contributed by atoms with van der Waals surface area (Å²) in [6.45, 7) is 2.26. The van der Waals surface area contributed by atoms with E-state index < -0.39 is 5.97 Å². The van der Waals surface area contributed by atoms with Crippen LogP contribution in [0.25, 0.3) is 11.1 Å². The predicted molar refractivity (Wildman–Crippen MR) is 127 cm³/mol. The van der Waals surface area contributed by atoms with Crippen molar-refractivity contribution in [1.82, 2.24) is 4.90 Å². The standard InChI is InChI=1S/C27H27NO6/c1-17-26(19-7-5-4-6-8-19)34-27(31)28(17)16-20-15-21(32-2)10-11-22(20)23-13-18(14-25(29)30)9-12-24(23)33-3/h4-13,15,17,26H,14,16H2,1-3H3,(H,29,30). The van der Waals surface area contributed by atoms with Crippen molar-refractivity contribution >= 4 is 12.1 Å². The zero-order chi connectivity index (χ0) is 24.2. The number of carboxylic acids is 1. The molecule has 0 bridgehead atoms. The number of aliphatic carboxylic acids is 1. The SMILES string of the molecule is COc1ccc(-c2cc(CC(=O)O)ccc2OC)c(CN2C(=O)OC(c3ccccc3)C2C)c1. The summed E-state index contributed by atoms with van der Waals surface area (Å²) in [6, 6.07) is 20.4. The third-order valence-corrected chi connectivity index (χ3v) is 6.08. The topological polar surface area (TPSA) is 85.3 Å². The Morgan fingerprint density at radius 3 is 2.44 bits per heavy atom. The molecule has 1 N–H and O–H groups in total. The van der Waals surface area contributed by atoms with E-state index in [0.29, 0.717) is 23.6 Å². The van der Waals surface area contributed by atoms with Crippen LogP contribution in [0.2, 0.25) is 0 Å². The van der Waals surface area contributed by atoms with E-state index in [9.17, 15) is 14.7 Å². The summed E-state index contributed by atoms with van der Waals surface area (Å²) >= 11 is 0. The van der Waals surface area contributed by atoms with Gasteiger partial charge in [-0.25, -0.2) is 4.79 Å². The van der Waals surface area contributed by atoms with Gasteiger partial charge in [0.05, 0.1) is 33.2 Å². The fourth-order valence-corrected chi connectivity index (χ4v) is 4.33. The van der Waals surface area contributed by atoms with Gasteiger partial charge in [0.2, 0.25) is 0 Å². The van der Waals surface area contributed by atoms with Crippen LogP contribution in [0.3, 0.4) is 0 Å². The van der Waals surface area contributed by atoms with E-state index in [0.717, 1.165) is 22.3 Å². The second-order valence-electron chi connectivity index (χ2n) is 8.21. The lowest BCUT2D eigenvalue weighted by Crippen LogP contribution is -2.31. The Bertz CT molecular complexity index is 1190. The predicted octanol–water partition coefficient (Wildman–Crippen LogP) is 5.08. The maximum atomic E-state index is 12.9. The first-order valence-electron chi connectivity index (χ1n) is 11.0. The van der Waals surface area contributed by atoms with E-state index in [-0.39, 0.29) is 24.7 Å². The fraction of sp³-hybridized carbons (Fsp3) is 0.259. The molecule has 176 valence electrons. The second kappa shape index (κ2) is 9.87. The van der Waals surface area contributed by atoms with E-state index in [2.05, 4.69) is 0 Å². The van der Waals surface area contributed by atoms with Crippen LogP contribution in [-0.4, -0.2) is 42.3 Å². The third-order valence-electron chi connectivity index (χ3n) is 6.08. The van der Waals surface area contributed by atoms with Gasteiger partial charge in [-0.05, 0) is 53.4 Å². The number of carbonyl (C=O) groups excluding carboxylic acids is 1. The first-order chi connectivity index (χ1) is 16.4. The van der Waals surface area contributed by atoms with Crippen molar-refractivity contribution in [3.63, 3.8) is 0 Å². The molecule has 7 nitrogen and oxygen atoms in total. The van der Waals surface area contributed by atoms with Crippen molar-refractivity contribution in [1.29, 1.82) is 0 Å². The molecule has 3 aromatic carbocycles. The van der Waals surface area contributed by atoms with E-state index in [1.807, 2.05) is 61.5 Å². The Balaban J connectivity index is 1.72. The number of carboxylic acid groups (broad SMARTS) is 1. The summed E-state index contributed by atoms with van der Waals surface area (Å²) in [7, 11) is 3.16. The lowest BCUT2D eigenvalue weighted by atomic mass is 9.95. The number of amides is 1. The molecule has 0 aromatic heterocycles. The van der Waals surface area contributed by atoms with Crippen LogP contribution in [-0.2, 0) is 22.5 Å². The largest absolute Gasteiger partial charge is 0.497 e. The summed E-state index contributed by atoms with van der Waals surface area (Å²) in [5.41, 5.74) is 4.01. The molecule has 1 fully saturated rings. The molecule has 0 spiro atoms. The summed E-state index contributed by atoms with van der Waals surface area (Å²) in [6.07, 6.45) is -0.852. The highest BCUT2D eigenvalue weighted by molar-refractivity contribution is 5.78. The van der Waals surface area contributed by atoms with Crippen LogP contribution < -0.4 is 9.47 Å². The van der Waals surface area contributed by atoms with Crippen molar-refractivity contribution in [2.24, 2.45) is 0 Å². The average molecular weight is 462 g/mol. The second-order valence-corrected chi connectivity index (χ2v) is 8.21. The van der Waals surface area contributed by atoms with Crippen molar-refractivity contribution < 1.29 is 28.9 Å². The number of rotatable bonds is 8. The minimum atomic E-state index is -0.910. The number of hydrogen-bond acceptors (Lipinski definition) is 5. The normalized spacial score (nSPS) is 17.4. The van der Waals surface area contributed by atoms with Crippen LogP contribution in [0.15, 0.2) is 66.7 Å². The molecule has 1 saturated heterocycles. The number of carbonyl (C=O) groups is 2. The highest BCUT2D eigenvalue weighted by Crippen LogP contribution is 2.38. The van der Waals surface area contributed by atoms with Gasteiger partial charge < -0.3 is 19.3 Å². The highest BCUT2D eigenvalue weighted by atomic mass is 16.6. The van der Waals surface area contributed by atoms with Gasteiger partial charge in [-0.3, -0.25) is 9.69 Å². The molecular formula is C27H27NO6. The number of hydrogen-bond donors (Lipinski definition) is 1. The first kappa shape index (κ1) is 23.2. The van der Waals surface area contributed by atoms with Crippen LogP contribution >= 0.6 is 0 Å². The lowest BCUT2D eigenvalue weighted by Gasteiger charge is -2.23. The Kier molecular flexibility index (Phi) is 6.72. The summed E-state index contributed by atoms with van der Waals surface area (Å²) in [4.78, 5) is 25.8. The third kappa shape index (κ3) is 4.69. The van der Waals surface area contributed by atoms with Gasteiger partial charge >= 0.3 is 12.1 Å². The lowest BCUT2D eigenvalue weighted by molar-refractivity contribution is -0.136. The van der Waals surface area contributed by atoms with Crippen molar-refractivity contribution in [2.45, 2.75) is 32.0 Å². The van der Waals surface area contributed by atoms with Gasteiger partial charge in [0, 0.05) is 5.56 Å². The number of cyclic esters (lactones) is 1. The van der Waals surface area contributed by atoms with Gasteiger partial charge in [-0.2, -0.15) is 0 Å². The molecule has 1 aliphatic heterocycles. The molecule has 0 aliphatic carbocycles. The van der Waals surface area contributed by atoms with E-state index >= 15 is 0 Å². The van der Waals surface area contributed by atoms with Gasteiger partial charge in [-0.1, -0.05) is 42.5 Å². The van der Waals surface area contributed by atoms with Crippen LogP contribution in [0, 0.1) is 0 Å². The Morgan fingerprint density at radius 1 is 1.00 bits per heavy atom. The zero-order valence-electron chi connectivity index (χ0n) is 19.4. The zero-order valence-corrected chi connectivity index (χ0v) is 19.4. The summed E-state index contributed by atoms with van der Waals surface area (Å²) in [5.74, 6) is 0.352. The summed E-state index contributed by atoms with van der Waals surface area (Å²) < 4.78 is 16.7. The van der Waals surface area contributed by atoms with Gasteiger partial charge in [0.15, 0.2) is 0 Å². The number of nitrogens with zero attached hydrogens (tertiary/aromatic N) is 1. The molecule has 1 heterocycles. The molecular weight excluding hydrogens is 434 g/mol. The minimum absolute atomic E-state index is 0.100. The maximum Gasteiger partial charge on any atom is 0.411 e. The molecule has 0 saturated carbocycles. The Labute approximate surface area is 198 Å². The van der Waals surface area contributed by atoms with Crippen LogP contribution in [0.5, 0.6) is 11.5 Å². The molecule has 0 radical (unpaired) electrons. The molecule has 7 heteroatoms. The molecule has 3 aromatic rings. The van der Waals surface area contributed by atoms with Crippen LogP contribution in [0.1, 0.15) is 29.7 Å². The van der Waals surface area contributed by atoms with Gasteiger partial charge in [0.25, 0.3) is 0 Å². The minimum Gasteiger partial charge on any atom is -0.497 e. The van der Waals surface area contributed by atoms with Crippen molar-refractivity contribution in [3.05, 3.63) is 83.4 Å². The highest BCUT2D eigenvalue weighted by Gasteiger charge is 2.39. The Morgan fingerprint density at radius 2 is 1.76 bits per heavy atom. The molecule has 1 amide bonds. The smallest absolute Gasteiger partial charge is 0.411 e. The molecule has 2 atom stereocenters. The summed E-state index contributed by atoms with van der Waals surface area (Å²) in [5, 5.41) is 9.24. The van der Waals surface area contributed by atoms with Crippen molar-refractivity contribution in [3.8, 4) is 22.6 Å². The molecule has 2 unspecified atom stereocenters.